The summed E-state index contributed by atoms with van der Waals surface area (Å²) in [6, 6.07) is 20.4. The van der Waals surface area contributed by atoms with Crippen LogP contribution in [-0.4, -0.2) is 41.2 Å². The highest BCUT2D eigenvalue weighted by Gasteiger charge is 2.63. The van der Waals surface area contributed by atoms with Crippen molar-refractivity contribution in [2.75, 3.05) is 11.9 Å². The molecule has 1 N–H and O–H groups in total. The van der Waals surface area contributed by atoms with Gasteiger partial charge in [0.05, 0.1) is 11.8 Å². The molecule has 210 valence electrons. The number of benzene rings is 3. The Bertz CT molecular complexity index is 1470. The largest absolute Gasteiger partial charge is 0.454 e. The topological polar surface area (TPSA) is 92.8 Å². The monoisotopic (exact) mass is 614 g/mol. The first-order chi connectivity index (χ1) is 19.7. The van der Waals surface area contributed by atoms with Crippen LogP contribution in [0.1, 0.15) is 59.9 Å². The molecule has 3 aromatic carbocycles. The second-order valence-electron chi connectivity index (χ2n) is 11.6. The highest BCUT2D eigenvalue weighted by molar-refractivity contribution is 9.10. The van der Waals surface area contributed by atoms with Crippen molar-refractivity contribution in [1.82, 2.24) is 4.90 Å². The molecule has 7 nitrogen and oxygen atoms in total. The SMILES string of the molecule is Cc1cc(Br)ccc1NC(=O)COC(=O)[C@@H](CC(C)C)N1C(=O)[C@@H]2C3c4ccccc4C(c4ccccc43)[C@@H]2C1=O. The lowest BCUT2D eigenvalue weighted by Crippen LogP contribution is -2.47. The maximum atomic E-state index is 14.1. The first kappa shape index (κ1) is 27.4. The minimum atomic E-state index is -1.10. The Morgan fingerprint density at radius 1 is 0.878 bits per heavy atom. The number of imide groups is 1. The van der Waals surface area contributed by atoms with Crippen molar-refractivity contribution in [2.45, 2.75) is 45.1 Å². The smallest absolute Gasteiger partial charge is 0.329 e. The zero-order valence-corrected chi connectivity index (χ0v) is 24.7. The third kappa shape index (κ3) is 4.58. The Hall–Kier alpha value is -3.78. The molecule has 0 spiro atoms. The van der Waals surface area contributed by atoms with Gasteiger partial charge in [0.25, 0.3) is 5.91 Å². The van der Waals surface area contributed by atoms with E-state index in [2.05, 4.69) is 21.2 Å². The van der Waals surface area contributed by atoms with Crippen LogP contribution in [-0.2, 0) is 23.9 Å². The van der Waals surface area contributed by atoms with E-state index < -0.39 is 36.4 Å². The number of hydrogen-bond donors (Lipinski definition) is 1. The number of carbonyl (C=O) groups is 4. The van der Waals surface area contributed by atoms with Gasteiger partial charge >= 0.3 is 5.97 Å². The Kier molecular flexibility index (Phi) is 7.06. The molecule has 1 aliphatic heterocycles. The van der Waals surface area contributed by atoms with Crippen molar-refractivity contribution < 1.29 is 23.9 Å². The molecule has 3 aliphatic carbocycles. The summed E-state index contributed by atoms with van der Waals surface area (Å²) in [7, 11) is 0. The van der Waals surface area contributed by atoms with Crippen molar-refractivity contribution in [3.63, 3.8) is 0 Å². The molecule has 3 amide bonds. The Morgan fingerprint density at radius 2 is 1.39 bits per heavy atom. The Balaban J connectivity index is 1.26. The molecule has 41 heavy (non-hydrogen) atoms. The Labute approximate surface area is 247 Å². The van der Waals surface area contributed by atoms with Crippen molar-refractivity contribution >= 4 is 45.3 Å². The van der Waals surface area contributed by atoms with Gasteiger partial charge in [-0.15, -0.1) is 0 Å². The highest BCUT2D eigenvalue weighted by Crippen LogP contribution is 2.61. The fourth-order valence-corrected chi connectivity index (χ4v) is 7.42. The number of likely N-dealkylation sites (tertiary alicyclic amines) is 1. The minimum Gasteiger partial charge on any atom is -0.454 e. The summed E-state index contributed by atoms with van der Waals surface area (Å²) in [5.74, 6) is -3.59. The van der Waals surface area contributed by atoms with E-state index in [1.54, 1.807) is 12.1 Å². The number of nitrogens with zero attached hydrogens (tertiary/aromatic N) is 1. The van der Waals surface area contributed by atoms with Crippen molar-refractivity contribution in [3.05, 3.63) is 99.0 Å². The second kappa shape index (κ2) is 10.6. The van der Waals surface area contributed by atoms with Gasteiger partial charge in [-0.2, -0.15) is 0 Å². The van der Waals surface area contributed by atoms with Crippen LogP contribution in [0.4, 0.5) is 5.69 Å². The van der Waals surface area contributed by atoms with Crippen LogP contribution in [0.2, 0.25) is 0 Å². The molecule has 0 unspecified atom stereocenters. The molecule has 0 saturated carbocycles. The summed E-state index contributed by atoms with van der Waals surface area (Å²) < 4.78 is 6.34. The van der Waals surface area contributed by atoms with Crippen LogP contribution in [0.5, 0.6) is 0 Å². The van der Waals surface area contributed by atoms with E-state index in [4.69, 9.17) is 4.74 Å². The van der Waals surface area contributed by atoms with Gasteiger partial charge in [0.15, 0.2) is 6.61 Å². The van der Waals surface area contributed by atoms with Crippen LogP contribution < -0.4 is 5.32 Å². The summed E-state index contributed by atoms with van der Waals surface area (Å²) in [5, 5.41) is 2.76. The molecular weight excluding hydrogens is 584 g/mol. The van der Waals surface area contributed by atoms with E-state index in [9.17, 15) is 19.2 Å². The lowest BCUT2D eigenvalue weighted by atomic mass is 9.55. The van der Waals surface area contributed by atoms with Gasteiger partial charge in [0, 0.05) is 22.0 Å². The van der Waals surface area contributed by atoms with Gasteiger partial charge in [-0.3, -0.25) is 19.3 Å². The zero-order chi connectivity index (χ0) is 29.0. The number of rotatable bonds is 7. The van der Waals surface area contributed by atoms with E-state index in [0.717, 1.165) is 37.2 Å². The molecule has 7 rings (SSSR count). The van der Waals surface area contributed by atoms with E-state index in [1.165, 1.54) is 0 Å². The standard InChI is InChI=1S/C33H31BrN2O5/c1-17(2)14-25(33(40)41-16-26(37)35-24-13-12-19(34)15-18(24)3)36-31(38)29-27-20-8-4-5-9-21(20)28(30(29)32(36)39)23-11-7-6-10-22(23)27/h4-13,15,17,25,27-30H,14,16H2,1-3H3,(H,35,37)/t25-,27?,28?,29-,30+/m1/s1. The van der Waals surface area contributed by atoms with Crippen molar-refractivity contribution in [1.29, 1.82) is 0 Å². The van der Waals surface area contributed by atoms with Crippen LogP contribution in [0.25, 0.3) is 0 Å². The molecule has 1 heterocycles. The van der Waals surface area contributed by atoms with Crippen molar-refractivity contribution in [3.8, 4) is 0 Å². The summed E-state index contributed by atoms with van der Waals surface area (Å²) in [6.07, 6.45) is 0.248. The molecule has 1 saturated heterocycles. The number of carbonyl (C=O) groups excluding carboxylic acids is 4. The fraction of sp³-hybridized carbons (Fsp3) is 0.333. The number of halogens is 1. The number of anilines is 1. The highest BCUT2D eigenvalue weighted by atomic mass is 79.9. The molecule has 3 atom stereocenters. The normalized spacial score (nSPS) is 22.7. The fourth-order valence-electron chi connectivity index (χ4n) is 6.95. The number of hydrogen-bond acceptors (Lipinski definition) is 5. The first-order valence-electron chi connectivity index (χ1n) is 13.9. The van der Waals surface area contributed by atoms with Gasteiger partial charge in [-0.25, -0.2) is 4.79 Å². The molecule has 3 aromatic rings. The number of nitrogens with one attached hydrogen (secondary N) is 1. The summed E-state index contributed by atoms with van der Waals surface area (Å²) in [6.45, 7) is 5.19. The summed E-state index contributed by atoms with van der Waals surface area (Å²) in [4.78, 5) is 55.6. The molecule has 2 bridgehead atoms. The first-order valence-corrected chi connectivity index (χ1v) is 14.7. The van der Waals surface area contributed by atoms with Gasteiger partial charge in [0.1, 0.15) is 6.04 Å². The minimum absolute atomic E-state index is 0.00105. The molecule has 4 aliphatic rings. The maximum Gasteiger partial charge on any atom is 0.329 e. The second-order valence-corrected chi connectivity index (χ2v) is 12.5. The third-order valence-corrected chi connectivity index (χ3v) is 9.06. The maximum absolute atomic E-state index is 14.1. The van der Waals surface area contributed by atoms with E-state index >= 15 is 0 Å². The predicted molar refractivity (Wildman–Crippen MR) is 157 cm³/mol. The summed E-state index contributed by atoms with van der Waals surface area (Å²) >= 11 is 3.40. The molecular formula is C33H31BrN2O5. The van der Waals surface area contributed by atoms with Gasteiger partial charge in [-0.1, -0.05) is 78.3 Å². The van der Waals surface area contributed by atoms with Gasteiger partial charge < -0.3 is 10.1 Å². The van der Waals surface area contributed by atoms with Crippen LogP contribution in [0, 0.1) is 24.7 Å². The molecule has 8 heteroatoms. The zero-order valence-electron chi connectivity index (χ0n) is 23.1. The average Bonchev–Trinajstić information content (AvgIpc) is 3.22. The molecule has 0 aromatic heterocycles. The number of aryl methyl sites for hydroxylation is 1. The Morgan fingerprint density at radius 3 is 1.85 bits per heavy atom. The number of esters is 1. The summed E-state index contributed by atoms with van der Waals surface area (Å²) in [5.41, 5.74) is 5.75. The lowest BCUT2D eigenvalue weighted by Gasteiger charge is -2.45. The number of amides is 3. The van der Waals surface area contributed by atoms with Gasteiger partial charge in [0.2, 0.25) is 11.8 Å². The van der Waals surface area contributed by atoms with Crippen LogP contribution in [0.3, 0.4) is 0 Å². The third-order valence-electron chi connectivity index (χ3n) is 8.57. The van der Waals surface area contributed by atoms with Gasteiger partial charge in [-0.05, 0) is 65.3 Å². The van der Waals surface area contributed by atoms with Crippen LogP contribution >= 0.6 is 15.9 Å². The lowest BCUT2D eigenvalue weighted by molar-refractivity contribution is -0.160. The van der Waals surface area contributed by atoms with E-state index in [1.807, 2.05) is 75.4 Å². The van der Waals surface area contributed by atoms with Crippen molar-refractivity contribution in [2.24, 2.45) is 17.8 Å². The van der Waals surface area contributed by atoms with E-state index in [-0.39, 0.29) is 36.0 Å². The van der Waals surface area contributed by atoms with Crippen LogP contribution in [0.15, 0.2) is 71.2 Å². The van der Waals surface area contributed by atoms with E-state index in [0.29, 0.717) is 5.69 Å². The predicted octanol–water partition coefficient (Wildman–Crippen LogP) is 5.55. The molecule has 0 radical (unpaired) electrons. The molecule has 1 fully saturated rings. The average molecular weight is 616 g/mol. The number of ether oxygens (including phenoxy) is 1. The quantitative estimate of drug-likeness (QED) is 0.278.